The first-order valence-corrected chi connectivity index (χ1v) is 10.1. The van der Waals surface area contributed by atoms with E-state index in [-0.39, 0.29) is 0 Å². The number of nitrogens with one attached hydrogen (secondary N) is 2. The van der Waals surface area contributed by atoms with E-state index in [1.54, 1.807) is 6.20 Å². The van der Waals surface area contributed by atoms with Crippen molar-refractivity contribution in [2.45, 2.75) is 45.1 Å². The highest BCUT2D eigenvalue weighted by Crippen LogP contribution is 2.30. The molecule has 1 fully saturated rings. The molecule has 2 N–H and O–H groups in total. The summed E-state index contributed by atoms with van der Waals surface area (Å²) in [6.45, 7) is 2.03. The van der Waals surface area contributed by atoms with Crippen LogP contribution in [0.4, 0.5) is 17.5 Å². The van der Waals surface area contributed by atoms with Crippen molar-refractivity contribution in [1.29, 1.82) is 0 Å². The fraction of sp³-hybridized carbons (Fsp3) is 0.318. The van der Waals surface area contributed by atoms with Crippen LogP contribution in [0.2, 0.25) is 5.02 Å². The lowest BCUT2D eigenvalue weighted by Crippen LogP contribution is -2.23. The lowest BCUT2D eigenvalue weighted by molar-refractivity contribution is 0.461. The first-order chi connectivity index (χ1) is 13.7. The molecule has 4 rings (SSSR count). The Kier molecular flexibility index (Phi) is 5.72. The van der Waals surface area contributed by atoms with Gasteiger partial charge in [0.15, 0.2) is 0 Å². The number of pyridine rings is 1. The third-order valence-corrected chi connectivity index (χ3v) is 5.41. The summed E-state index contributed by atoms with van der Waals surface area (Å²) >= 11 is 6.40. The van der Waals surface area contributed by atoms with Gasteiger partial charge in [0.2, 0.25) is 5.95 Å². The molecular weight excluding hydrogens is 370 g/mol. The van der Waals surface area contributed by atoms with Crippen LogP contribution in [0.1, 0.15) is 37.7 Å². The van der Waals surface area contributed by atoms with Gasteiger partial charge in [-0.15, -0.1) is 0 Å². The normalized spacial score (nSPS) is 14.6. The quantitative estimate of drug-likeness (QED) is 0.557. The molecule has 0 unspecified atom stereocenters. The molecule has 28 heavy (non-hydrogen) atoms. The van der Waals surface area contributed by atoms with Crippen LogP contribution >= 0.6 is 11.6 Å². The minimum absolute atomic E-state index is 0.424. The lowest BCUT2D eigenvalue weighted by Gasteiger charge is -2.23. The summed E-state index contributed by atoms with van der Waals surface area (Å²) in [5.41, 5.74) is 3.71. The summed E-state index contributed by atoms with van der Waals surface area (Å²) in [6, 6.07) is 12.1. The molecule has 1 aliphatic rings. The zero-order valence-electron chi connectivity index (χ0n) is 16.0. The van der Waals surface area contributed by atoms with Crippen molar-refractivity contribution < 1.29 is 0 Å². The molecular formula is C22H24ClN5. The second-order valence-electron chi connectivity index (χ2n) is 7.24. The molecule has 0 radical (unpaired) electrons. The topological polar surface area (TPSA) is 62.7 Å². The number of aryl methyl sites for hydroxylation is 1. The summed E-state index contributed by atoms with van der Waals surface area (Å²) in [4.78, 5) is 13.7. The molecule has 0 amide bonds. The lowest BCUT2D eigenvalue weighted by atomic mass is 9.96. The number of hydrogen-bond acceptors (Lipinski definition) is 5. The van der Waals surface area contributed by atoms with Crippen LogP contribution in [0.15, 0.2) is 48.8 Å². The van der Waals surface area contributed by atoms with Gasteiger partial charge in [-0.2, -0.15) is 4.98 Å². The molecule has 0 saturated heterocycles. The Balaban J connectivity index is 1.69. The Hall–Kier alpha value is -2.66. The summed E-state index contributed by atoms with van der Waals surface area (Å²) in [7, 11) is 0. The summed E-state index contributed by atoms with van der Waals surface area (Å²) in [5.74, 6) is 1.35. The van der Waals surface area contributed by atoms with E-state index in [2.05, 4.69) is 15.6 Å². The minimum Gasteiger partial charge on any atom is -0.351 e. The van der Waals surface area contributed by atoms with Crippen molar-refractivity contribution >= 4 is 29.1 Å². The van der Waals surface area contributed by atoms with E-state index in [1.807, 2.05) is 49.5 Å². The molecule has 144 valence electrons. The van der Waals surface area contributed by atoms with E-state index < -0.39 is 0 Å². The highest BCUT2D eigenvalue weighted by atomic mass is 35.5. The second kappa shape index (κ2) is 8.57. The van der Waals surface area contributed by atoms with Gasteiger partial charge in [0.05, 0.1) is 16.4 Å². The highest BCUT2D eigenvalue weighted by molar-refractivity contribution is 6.33. The number of nitrogens with zero attached hydrogens (tertiary/aromatic N) is 3. The third-order valence-electron chi connectivity index (χ3n) is 5.10. The van der Waals surface area contributed by atoms with Gasteiger partial charge in [0.25, 0.3) is 0 Å². The minimum atomic E-state index is 0.424. The molecule has 0 bridgehead atoms. The maximum atomic E-state index is 6.40. The van der Waals surface area contributed by atoms with Gasteiger partial charge in [0.1, 0.15) is 5.82 Å². The van der Waals surface area contributed by atoms with E-state index >= 15 is 0 Å². The van der Waals surface area contributed by atoms with Crippen LogP contribution < -0.4 is 10.6 Å². The fourth-order valence-corrected chi connectivity index (χ4v) is 3.85. The molecule has 5 nitrogen and oxygen atoms in total. The number of benzene rings is 1. The van der Waals surface area contributed by atoms with Gasteiger partial charge in [-0.05, 0) is 43.5 Å². The first kappa shape index (κ1) is 18.7. The molecule has 6 heteroatoms. The van der Waals surface area contributed by atoms with Gasteiger partial charge >= 0.3 is 0 Å². The average molecular weight is 394 g/mol. The zero-order chi connectivity index (χ0) is 19.3. The van der Waals surface area contributed by atoms with Gasteiger partial charge in [0, 0.05) is 30.1 Å². The van der Waals surface area contributed by atoms with Crippen molar-refractivity contribution in [3.8, 4) is 11.3 Å². The van der Waals surface area contributed by atoms with Gasteiger partial charge in [-0.3, -0.25) is 4.98 Å². The molecule has 3 aromatic rings. The average Bonchev–Trinajstić information content (AvgIpc) is 2.72. The van der Waals surface area contributed by atoms with E-state index in [1.165, 1.54) is 19.3 Å². The first-order valence-electron chi connectivity index (χ1n) is 9.77. The van der Waals surface area contributed by atoms with Crippen LogP contribution in [-0.2, 0) is 0 Å². The second-order valence-corrected chi connectivity index (χ2v) is 7.65. The van der Waals surface area contributed by atoms with Crippen molar-refractivity contribution in [2.75, 3.05) is 10.6 Å². The summed E-state index contributed by atoms with van der Waals surface area (Å²) in [5, 5.41) is 7.59. The van der Waals surface area contributed by atoms with E-state index in [0.29, 0.717) is 22.8 Å². The Morgan fingerprint density at radius 1 is 1.04 bits per heavy atom. The monoisotopic (exact) mass is 393 g/mol. The smallest absolute Gasteiger partial charge is 0.225 e. The summed E-state index contributed by atoms with van der Waals surface area (Å²) < 4.78 is 0. The van der Waals surface area contributed by atoms with Gasteiger partial charge < -0.3 is 10.6 Å². The van der Waals surface area contributed by atoms with Crippen LogP contribution in [0.5, 0.6) is 0 Å². The van der Waals surface area contributed by atoms with E-state index in [9.17, 15) is 0 Å². The van der Waals surface area contributed by atoms with Crippen LogP contribution in [0.25, 0.3) is 11.3 Å². The van der Waals surface area contributed by atoms with E-state index in [0.717, 1.165) is 35.3 Å². The Morgan fingerprint density at radius 2 is 1.89 bits per heavy atom. The number of para-hydroxylation sites is 1. The highest BCUT2D eigenvalue weighted by Gasteiger charge is 2.16. The molecule has 0 spiro atoms. The van der Waals surface area contributed by atoms with Gasteiger partial charge in [-0.25, -0.2) is 4.98 Å². The Morgan fingerprint density at radius 3 is 2.64 bits per heavy atom. The Bertz CT molecular complexity index is 919. The number of hydrogen-bond donors (Lipinski definition) is 2. The molecule has 0 atom stereocenters. The predicted molar refractivity (Wildman–Crippen MR) is 115 cm³/mol. The SMILES string of the molecule is Cc1cccc(Cl)c1Nc1cc(-c2cccnc2)nc(NC2CCCCC2)n1. The Labute approximate surface area is 170 Å². The maximum absolute atomic E-state index is 6.40. The van der Waals surface area contributed by atoms with E-state index in [4.69, 9.17) is 21.6 Å². The largest absolute Gasteiger partial charge is 0.351 e. The van der Waals surface area contributed by atoms with Crippen molar-refractivity contribution in [3.63, 3.8) is 0 Å². The number of anilines is 3. The molecule has 1 saturated carbocycles. The predicted octanol–water partition coefficient (Wildman–Crippen LogP) is 5.99. The van der Waals surface area contributed by atoms with Crippen molar-refractivity contribution in [1.82, 2.24) is 15.0 Å². The van der Waals surface area contributed by atoms with Crippen LogP contribution in [0.3, 0.4) is 0 Å². The number of rotatable bonds is 5. The fourth-order valence-electron chi connectivity index (χ4n) is 3.59. The standard InChI is InChI=1S/C22H24ClN5/c1-15-7-5-11-18(23)21(15)27-20-13-19(16-8-6-12-24-14-16)26-22(28-20)25-17-9-3-2-4-10-17/h5-8,11-14,17H,2-4,9-10H2,1H3,(H2,25,26,27,28). The molecule has 2 aromatic heterocycles. The van der Waals surface area contributed by atoms with Crippen LogP contribution in [-0.4, -0.2) is 21.0 Å². The van der Waals surface area contributed by atoms with Crippen molar-refractivity contribution in [2.24, 2.45) is 0 Å². The van der Waals surface area contributed by atoms with Gasteiger partial charge in [-0.1, -0.05) is 43.0 Å². The summed E-state index contributed by atoms with van der Waals surface area (Å²) in [6.07, 6.45) is 9.72. The van der Waals surface area contributed by atoms with Crippen LogP contribution in [0, 0.1) is 6.92 Å². The maximum Gasteiger partial charge on any atom is 0.225 e. The molecule has 1 aliphatic carbocycles. The molecule has 2 heterocycles. The number of halogens is 1. The van der Waals surface area contributed by atoms with Crippen molar-refractivity contribution in [3.05, 3.63) is 59.4 Å². The third kappa shape index (κ3) is 4.42. The zero-order valence-corrected chi connectivity index (χ0v) is 16.7. The number of aromatic nitrogens is 3. The molecule has 1 aromatic carbocycles. The molecule has 0 aliphatic heterocycles.